The molecule has 1 aromatic carbocycles. The van der Waals surface area contributed by atoms with Crippen molar-refractivity contribution in [2.75, 3.05) is 7.11 Å². The molecule has 0 bridgehead atoms. The Kier molecular flexibility index (Phi) is 14.6. The normalized spacial score (nSPS) is 16.4. The molecular weight excluding hydrogens is 408 g/mol. The number of benzene rings is 1. The van der Waals surface area contributed by atoms with Gasteiger partial charge in [-0.25, -0.2) is 0 Å². The summed E-state index contributed by atoms with van der Waals surface area (Å²) in [6.45, 7) is 7.48. The predicted molar refractivity (Wildman–Crippen MR) is 125 cm³/mol. The maximum absolute atomic E-state index is 11.6. The van der Waals surface area contributed by atoms with Crippen LogP contribution in [0.1, 0.15) is 69.8 Å². The van der Waals surface area contributed by atoms with Crippen LogP contribution in [0.4, 0.5) is 0 Å². The van der Waals surface area contributed by atoms with Gasteiger partial charge in [0.15, 0.2) is 0 Å². The van der Waals surface area contributed by atoms with Crippen LogP contribution in [0, 0.1) is 0 Å². The van der Waals surface area contributed by atoms with E-state index in [-0.39, 0.29) is 30.8 Å². The van der Waals surface area contributed by atoms with Crippen molar-refractivity contribution in [2.24, 2.45) is 0 Å². The number of unbranched alkanes of at least 4 members (excludes halogenated alkanes) is 1. The van der Waals surface area contributed by atoms with Crippen molar-refractivity contribution >= 4 is 11.9 Å². The Balaban J connectivity index is 0.000000389. The number of aliphatic hydroxyl groups excluding tert-OH is 1. The number of esters is 2. The number of carbonyl (C=O) groups excluding carboxylic acids is 2. The highest BCUT2D eigenvalue weighted by Gasteiger charge is 2.16. The second-order valence-corrected chi connectivity index (χ2v) is 7.81. The summed E-state index contributed by atoms with van der Waals surface area (Å²) in [6.07, 6.45) is 10.9. The minimum atomic E-state index is -0.349. The number of hydrogen-bond donors (Lipinski definition) is 1. The summed E-state index contributed by atoms with van der Waals surface area (Å²) in [4.78, 5) is 22.5. The highest BCUT2D eigenvalue weighted by atomic mass is 16.5. The van der Waals surface area contributed by atoms with Crippen LogP contribution in [0.2, 0.25) is 0 Å². The Morgan fingerprint density at radius 3 is 2.62 bits per heavy atom. The second kappa shape index (κ2) is 17.0. The van der Waals surface area contributed by atoms with E-state index in [0.717, 1.165) is 49.8 Å². The van der Waals surface area contributed by atoms with E-state index in [2.05, 4.69) is 13.2 Å². The van der Waals surface area contributed by atoms with Crippen molar-refractivity contribution < 1.29 is 28.9 Å². The van der Waals surface area contributed by atoms with E-state index in [0.29, 0.717) is 25.7 Å². The molecule has 0 radical (unpaired) electrons. The molecule has 0 aliphatic carbocycles. The third-order valence-electron chi connectivity index (χ3n) is 5.05. The van der Waals surface area contributed by atoms with Gasteiger partial charge in [-0.1, -0.05) is 30.7 Å². The fourth-order valence-corrected chi connectivity index (χ4v) is 3.21. The van der Waals surface area contributed by atoms with E-state index in [1.54, 1.807) is 13.2 Å². The van der Waals surface area contributed by atoms with Gasteiger partial charge in [0.1, 0.15) is 18.5 Å². The molecule has 178 valence electrons. The molecule has 1 aliphatic rings. The van der Waals surface area contributed by atoms with E-state index in [1.165, 1.54) is 0 Å². The smallest absolute Gasteiger partial charge is 0.306 e. The Bertz CT molecular complexity index is 682. The van der Waals surface area contributed by atoms with Crippen molar-refractivity contribution in [3.63, 3.8) is 0 Å². The lowest BCUT2D eigenvalue weighted by atomic mass is 10.1. The number of carbonyl (C=O) groups is 2. The molecule has 6 nitrogen and oxygen atoms in total. The third kappa shape index (κ3) is 13.0. The van der Waals surface area contributed by atoms with Crippen molar-refractivity contribution in [1.82, 2.24) is 0 Å². The molecule has 0 amide bonds. The SMILES string of the molecule is C=CCC(O)CCCCC(=O)OCc1ccc(OC)cc1.C=CCC1CCCCC(=O)O1. The first-order valence-electron chi connectivity index (χ1n) is 11.4. The van der Waals surface area contributed by atoms with E-state index < -0.39 is 0 Å². The zero-order valence-electron chi connectivity index (χ0n) is 19.3. The van der Waals surface area contributed by atoms with Gasteiger partial charge in [0.25, 0.3) is 0 Å². The van der Waals surface area contributed by atoms with E-state index >= 15 is 0 Å². The quantitative estimate of drug-likeness (QED) is 0.267. The highest BCUT2D eigenvalue weighted by Crippen LogP contribution is 2.16. The maximum Gasteiger partial charge on any atom is 0.306 e. The van der Waals surface area contributed by atoms with Crippen molar-refractivity contribution in [3.05, 3.63) is 55.1 Å². The number of cyclic esters (lactones) is 1. The first kappa shape index (κ1) is 27.4. The molecule has 1 saturated heterocycles. The highest BCUT2D eigenvalue weighted by molar-refractivity contribution is 5.69. The van der Waals surface area contributed by atoms with Gasteiger partial charge in [0.2, 0.25) is 0 Å². The van der Waals surface area contributed by atoms with Crippen LogP contribution >= 0.6 is 0 Å². The molecule has 6 heteroatoms. The lowest BCUT2D eigenvalue weighted by molar-refractivity contribution is -0.148. The van der Waals surface area contributed by atoms with Crippen molar-refractivity contribution in [1.29, 1.82) is 0 Å². The van der Waals surface area contributed by atoms with Gasteiger partial charge < -0.3 is 19.3 Å². The first-order valence-corrected chi connectivity index (χ1v) is 11.4. The van der Waals surface area contributed by atoms with Crippen LogP contribution in [-0.2, 0) is 25.7 Å². The zero-order chi connectivity index (χ0) is 23.6. The summed E-state index contributed by atoms with van der Waals surface area (Å²) in [5.41, 5.74) is 0.936. The van der Waals surface area contributed by atoms with Crippen LogP contribution in [0.3, 0.4) is 0 Å². The summed E-state index contributed by atoms with van der Waals surface area (Å²) >= 11 is 0. The van der Waals surface area contributed by atoms with Gasteiger partial charge in [0, 0.05) is 19.3 Å². The number of methoxy groups -OCH3 is 1. The van der Waals surface area contributed by atoms with Gasteiger partial charge in [-0.2, -0.15) is 0 Å². The van der Waals surface area contributed by atoms with Gasteiger partial charge >= 0.3 is 11.9 Å². The molecule has 1 aliphatic heterocycles. The Morgan fingerprint density at radius 1 is 1.22 bits per heavy atom. The topological polar surface area (TPSA) is 82.1 Å². The van der Waals surface area contributed by atoms with Gasteiger partial charge in [-0.15, -0.1) is 13.2 Å². The molecule has 0 spiro atoms. The number of rotatable bonds is 12. The van der Waals surface area contributed by atoms with Crippen LogP contribution in [0.5, 0.6) is 5.75 Å². The van der Waals surface area contributed by atoms with Gasteiger partial charge in [0.05, 0.1) is 13.2 Å². The minimum Gasteiger partial charge on any atom is -0.497 e. The standard InChI is InChI=1S/C17H24O4.C9H14O2/c1-3-6-15(18)7-4-5-8-17(19)21-13-14-9-11-16(20-2)12-10-14;1-2-5-8-6-3-4-7-9(10)11-8/h3,9-12,15,18H,1,4-8,13H2,2H3;2,8H,1,3-7H2. The van der Waals surface area contributed by atoms with E-state index in [1.807, 2.05) is 30.3 Å². The summed E-state index contributed by atoms with van der Waals surface area (Å²) in [5, 5.41) is 9.51. The maximum atomic E-state index is 11.6. The lowest BCUT2D eigenvalue weighted by Crippen LogP contribution is -2.13. The summed E-state index contributed by atoms with van der Waals surface area (Å²) in [6, 6.07) is 7.42. The van der Waals surface area contributed by atoms with E-state index in [9.17, 15) is 14.7 Å². The monoisotopic (exact) mass is 446 g/mol. The first-order chi connectivity index (χ1) is 15.5. The van der Waals surface area contributed by atoms with Gasteiger partial charge in [-0.05, 0) is 56.2 Å². The van der Waals surface area contributed by atoms with Crippen LogP contribution in [0.25, 0.3) is 0 Å². The zero-order valence-corrected chi connectivity index (χ0v) is 19.3. The minimum absolute atomic E-state index is 0.0469. The van der Waals surface area contributed by atoms with Crippen LogP contribution in [-0.4, -0.2) is 36.4 Å². The average molecular weight is 447 g/mol. The Labute approximate surface area is 192 Å². The number of ether oxygens (including phenoxy) is 3. The molecule has 2 rings (SSSR count). The Hall–Kier alpha value is -2.60. The average Bonchev–Trinajstić information content (AvgIpc) is 3.00. The van der Waals surface area contributed by atoms with Crippen molar-refractivity contribution in [3.8, 4) is 5.75 Å². The summed E-state index contributed by atoms with van der Waals surface area (Å²) < 4.78 is 15.4. The molecule has 0 saturated carbocycles. The van der Waals surface area contributed by atoms with Crippen LogP contribution < -0.4 is 4.74 Å². The van der Waals surface area contributed by atoms with Gasteiger partial charge in [-0.3, -0.25) is 9.59 Å². The molecule has 1 heterocycles. The predicted octanol–water partition coefficient (Wildman–Crippen LogP) is 5.28. The molecule has 1 fully saturated rings. The summed E-state index contributed by atoms with van der Waals surface area (Å²) in [5.74, 6) is 0.529. The second-order valence-electron chi connectivity index (χ2n) is 7.81. The number of hydrogen-bond acceptors (Lipinski definition) is 6. The molecular formula is C26H38O6. The van der Waals surface area contributed by atoms with E-state index in [4.69, 9.17) is 14.2 Å². The molecule has 32 heavy (non-hydrogen) atoms. The fraction of sp³-hybridized carbons (Fsp3) is 0.538. The molecule has 2 unspecified atom stereocenters. The third-order valence-corrected chi connectivity index (χ3v) is 5.05. The van der Waals surface area contributed by atoms with Crippen LogP contribution in [0.15, 0.2) is 49.6 Å². The molecule has 1 aromatic rings. The fourth-order valence-electron chi connectivity index (χ4n) is 3.21. The Morgan fingerprint density at radius 2 is 1.97 bits per heavy atom. The largest absolute Gasteiger partial charge is 0.497 e. The molecule has 1 N–H and O–H groups in total. The molecule has 2 atom stereocenters. The number of aliphatic hydroxyl groups is 1. The lowest BCUT2D eigenvalue weighted by Gasteiger charge is -2.11. The molecule has 0 aromatic heterocycles. The summed E-state index contributed by atoms with van der Waals surface area (Å²) in [7, 11) is 1.61. The van der Waals surface area contributed by atoms with Crippen molar-refractivity contribution in [2.45, 2.75) is 83.0 Å².